The standard InChI is InChI=1S/C20H15N5O3S/c1-29(27,28)14-8-6-12(7-9-14)15-11-21-25-19(15)24-23-18(20(25)26)17-10-13-4-2-3-5-16(13)22-17/h2-9,11,21H,10H2,1H3. The van der Waals surface area contributed by atoms with Crippen LogP contribution in [0, 0.1) is 0 Å². The molecule has 1 aliphatic rings. The molecule has 8 nitrogen and oxygen atoms in total. The Kier molecular flexibility index (Phi) is 3.75. The summed E-state index contributed by atoms with van der Waals surface area (Å²) in [6.07, 6.45) is 3.34. The number of para-hydroxylation sites is 1. The maximum absolute atomic E-state index is 13.0. The van der Waals surface area contributed by atoms with Crippen LogP contribution in [0.2, 0.25) is 0 Å². The fourth-order valence-electron chi connectivity index (χ4n) is 3.42. The molecular weight excluding hydrogens is 390 g/mol. The number of hydrogen-bond acceptors (Lipinski definition) is 6. The monoisotopic (exact) mass is 405 g/mol. The van der Waals surface area contributed by atoms with E-state index in [2.05, 4.69) is 20.3 Å². The molecule has 4 aromatic rings. The lowest BCUT2D eigenvalue weighted by Gasteiger charge is -2.02. The number of aromatic nitrogens is 4. The van der Waals surface area contributed by atoms with Crippen molar-refractivity contribution < 1.29 is 8.42 Å². The van der Waals surface area contributed by atoms with Gasteiger partial charge < -0.3 is 0 Å². The van der Waals surface area contributed by atoms with Gasteiger partial charge in [-0.25, -0.2) is 8.42 Å². The first-order valence-electron chi connectivity index (χ1n) is 8.85. The van der Waals surface area contributed by atoms with E-state index in [1.54, 1.807) is 18.3 Å². The first kappa shape index (κ1) is 17.5. The molecule has 2 aromatic carbocycles. The van der Waals surface area contributed by atoms with E-state index in [0.29, 0.717) is 23.3 Å². The lowest BCUT2D eigenvalue weighted by atomic mass is 10.1. The minimum atomic E-state index is -3.28. The summed E-state index contributed by atoms with van der Waals surface area (Å²) in [6, 6.07) is 14.1. The topological polar surface area (TPSA) is 110 Å². The first-order chi connectivity index (χ1) is 13.9. The van der Waals surface area contributed by atoms with E-state index in [0.717, 1.165) is 23.1 Å². The van der Waals surface area contributed by atoms with Crippen molar-refractivity contribution in [3.63, 3.8) is 0 Å². The number of benzene rings is 2. The van der Waals surface area contributed by atoms with Crippen molar-refractivity contribution in [3.05, 3.63) is 76.3 Å². The molecule has 5 rings (SSSR count). The molecule has 0 radical (unpaired) electrons. The maximum Gasteiger partial charge on any atom is 0.300 e. The van der Waals surface area contributed by atoms with Gasteiger partial charge >= 0.3 is 5.56 Å². The number of H-pyrrole nitrogens is 1. The van der Waals surface area contributed by atoms with Gasteiger partial charge in [0.1, 0.15) is 0 Å². The Balaban J connectivity index is 1.57. The largest absolute Gasteiger partial charge is 0.300 e. The van der Waals surface area contributed by atoms with Crippen LogP contribution in [0.3, 0.4) is 0 Å². The first-order valence-corrected chi connectivity index (χ1v) is 10.7. The molecule has 0 bridgehead atoms. The van der Waals surface area contributed by atoms with Crippen molar-refractivity contribution in [3.8, 4) is 11.1 Å². The zero-order valence-electron chi connectivity index (χ0n) is 15.3. The Morgan fingerprint density at radius 1 is 1.03 bits per heavy atom. The van der Waals surface area contributed by atoms with E-state index in [1.165, 1.54) is 16.6 Å². The van der Waals surface area contributed by atoms with E-state index in [9.17, 15) is 13.2 Å². The summed E-state index contributed by atoms with van der Waals surface area (Å²) < 4.78 is 24.6. The van der Waals surface area contributed by atoms with Gasteiger partial charge in [-0.3, -0.25) is 14.9 Å². The molecule has 0 spiro atoms. The Morgan fingerprint density at radius 3 is 2.52 bits per heavy atom. The average molecular weight is 405 g/mol. The highest BCUT2D eigenvalue weighted by Crippen LogP contribution is 2.28. The Hall–Kier alpha value is -3.59. The second kappa shape index (κ2) is 6.21. The van der Waals surface area contributed by atoms with Crippen LogP contribution in [-0.4, -0.2) is 40.2 Å². The molecule has 144 valence electrons. The second-order valence-corrected chi connectivity index (χ2v) is 8.88. The Labute approximate surface area is 165 Å². The van der Waals surface area contributed by atoms with Crippen molar-refractivity contribution >= 4 is 26.9 Å². The quantitative estimate of drug-likeness (QED) is 0.562. The van der Waals surface area contributed by atoms with Crippen LogP contribution < -0.4 is 5.56 Å². The van der Waals surface area contributed by atoms with Crippen LogP contribution >= 0.6 is 0 Å². The molecule has 0 saturated heterocycles. The SMILES string of the molecule is CS(=O)(=O)c1ccc(-c2c[nH]n3c(=O)c(C4=Nc5ccccc5C4)nnc23)cc1. The van der Waals surface area contributed by atoms with Crippen LogP contribution in [0.25, 0.3) is 16.8 Å². The van der Waals surface area contributed by atoms with Gasteiger partial charge in [-0.15, -0.1) is 10.2 Å². The predicted octanol–water partition coefficient (Wildman–Crippen LogP) is 2.17. The maximum atomic E-state index is 13.0. The van der Waals surface area contributed by atoms with E-state index >= 15 is 0 Å². The third kappa shape index (κ3) is 2.87. The number of hydrogen-bond donors (Lipinski definition) is 1. The number of rotatable bonds is 3. The highest BCUT2D eigenvalue weighted by atomic mass is 32.2. The van der Waals surface area contributed by atoms with Crippen molar-refractivity contribution in [2.45, 2.75) is 11.3 Å². The zero-order valence-corrected chi connectivity index (χ0v) is 16.1. The highest BCUT2D eigenvalue weighted by Gasteiger charge is 2.22. The van der Waals surface area contributed by atoms with Crippen LogP contribution in [0.4, 0.5) is 5.69 Å². The lowest BCUT2D eigenvalue weighted by Crippen LogP contribution is -2.26. The summed E-state index contributed by atoms with van der Waals surface area (Å²) in [5.74, 6) is 0. The summed E-state index contributed by atoms with van der Waals surface area (Å²) in [7, 11) is -3.28. The van der Waals surface area contributed by atoms with E-state index in [-0.39, 0.29) is 16.1 Å². The van der Waals surface area contributed by atoms with Crippen LogP contribution in [0.1, 0.15) is 11.3 Å². The number of sulfone groups is 1. The van der Waals surface area contributed by atoms with Gasteiger partial charge in [-0.2, -0.15) is 4.52 Å². The van der Waals surface area contributed by atoms with Gasteiger partial charge in [0.25, 0.3) is 0 Å². The smallest absolute Gasteiger partial charge is 0.296 e. The molecule has 29 heavy (non-hydrogen) atoms. The van der Waals surface area contributed by atoms with E-state index in [4.69, 9.17) is 0 Å². The lowest BCUT2D eigenvalue weighted by molar-refractivity contribution is 0.602. The molecule has 0 atom stereocenters. The van der Waals surface area contributed by atoms with Crippen molar-refractivity contribution in [1.29, 1.82) is 0 Å². The number of fused-ring (bicyclic) bond motifs is 2. The molecule has 1 aliphatic heterocycles. The van der Waals surface area contributed by atoms with Crippen LogP contribution in [0.5, 0.6) is 0 Å². The molecular formula is C20H15N5O3S. The van der Waals surface area contributed by atoms with E-state index in [1.807, 2.05) is 24.3 Å². The van der Waals surface area contributed by atoms with Gasteiger partial charge in [-0.05, 0) is 29.3 Å². The summed E-state index contributed by atoms with van der Waals surface area (Å²) >= 11 is 0. The van der Waals surface area contributed by atoms with Gasteiger partial charge in [0.15, 0.2) is 21.2 Å². The minimum Gasteiger partial charge on any atom is -0.296 e. The van der Waals surface area contributed by atoms with Crippen molar-refractivity contribution in [1.82, 2.24) is 19.8 Å². The molecule has 1 N–H and O–H groups in total. The predicted molar refractivity (Wildman–Crippen MR) is 108 cm³/mol. The molecule has 3 heterocycles. The zero-order chi connectivity index (χ0) is 20.2. The van der Waals surface area contributed by atoms with Crippen LogP contribution in [0.15, 0.2) is 69.4 Å². The molecule has 0 amide bonds. The summed E-state index contributed by atoms with van der Waals surface area (Å²) in [6.45, 7) is 0. The molecule has 9 heteroatoms. The Morgan fingerprint density at radius 2 is 1.79 bits per heavy atom. The number of nitrogens with one attached hydrogen (secondary N) is 1. The van der Waals surface area contributed by atoms with Crippen molar-refractivity contribution in [2.24, 2.45) is 4.99 Å². The number of aliphatic imine (C=N–C) groups is 1. The molecule has 0 aliphatic carbocycles. The van der Waals surface area contributed by atoms with Crippen LogP contribution in [-0.2, 0) is 16.3 Å². The fourth-order valence-corrected chi connectivity index (χ4v) is 4.05. The number of aromatic amines is 1. The fraction of sp³-hybridized carbons (Fsp3) is 0.100. The van der Waals surface area contributed by atoms with Gasteiger partial charge in [0.05, 0.1) is 16.3 Å². The molecule has 0 saturated carbocycles. The van der Waals surface area contributed by atoms with Crippen molar-refractivity contribution in [2.75, 3.05) is 6.26 Å². The van der Waals surface area contributed by atoms with Gasteiger partial charge in [0, 0.05) is 24.4 Å². The van der Waals surface area contributed by atoms with E-state index < -0.39 is 9.84 Å². The normalized spacial score (nSPS) is 13.5. The van der Waals surface area contributed by atoms with Gasteiger partial charge in [-0.1, -0.05) is 30.3 Å². The third-order valence-corrected chi connectivity index (χ3v) is 6.04. The molecule has 2 aromatic heterocycles. The minimum absolute atomic E-state index is 0.208. The molecule has 0 unspecified atom stereocenters. The Bertz CT molecular complexity index is 1460. The second-order valence-electron chi connectivity index (χ2n) is 6.86. The number of nitrogens with zero attached hydrogens (tertiary/aromatic N) is 4. The molecule has 0 fully saturated rings. The summed E-state index contributed by atoms with van der Waals surface area (Å²) in [5, 5.41) is 11.3. The third-order valence-electron chi connectivity index (χ3n) is 4.91. The summed E-state index contributed by atoms with van der Waals surface area (Å²) in [5.41, 5.74) is 4.09. The average Bonchev–Trinajstić information content (AvgIpc) is 3.32. The van der Waals surface area contributed by atoms with Gasteiger partial charge in [0.2, 0.25) is 0 Å². The highest BCUT2D eigenvalue weighted by molar-refractivity contribution is 7.90. The summed E-state index contributed by atoms with van der Waals surface area (Å²) in [4.78, 5) is 17.7.